The van der Waals surface area contributed by atoms with Crippen LogP contribution in [-0.4, -0.2) is 36.8 Å². The van der Waals surface area contributed by atoms with Gasteiger partial charge in [0.05, 0.1) is 11.8 Å². The van der Waals surface area contributed by atoms with Crippen molar-refractivity contribution in [2.75, 3.05) is 5.32 Å². The number of aliphatic hydroxyl groups is 1. The van der Waals surface area contributed by atoms with Gasteiger partial charge in [-0.3, -0.25) is 9.78 Å². The summed E-state index contributed by atoms with van der Waals surface area (Å²) in [5.74, 6) is -0.241. The summed E-state index contributed by atoms with van der Waals surface area (Å²) in [4.78, 5) is 36.0. The maximum atomic E-state index is 13.5. The monoisotopic (exact) mass is 371 g/mol. The molecular weight excluding hydrogens is 353 g/mol. The molecular formula is C18H18FN5O3. The molecule has 0 aliphatic heterocycles. The van der Waals surface area contributed by atoms with Crippen LogP contribution in [0.25, 0.3) is 16.7 Å². The molecule has 1 saturated carbocycles. The Morgan fingerprint density at radius 1 is 1.22 bits per heavy atom. The van der Waals surface area contributed by atoms with E-state index in [2.05, 4.69) is 20.3 Å². The summed E-state index contributed by atoms with van der Waals surface area (Å²) in [5.41, 5.74) is -1.08. The van der Waals surface area contributed by atoms with Crippen LogP contribution in [0.4, 0.5) is 10.3 Å². The molecule has 0 radical (unpaired) electrons. The molecule has 0 bridgehead atoms. The molecule has 0 saturated heterocycles. The van der Waals surface area contributed by atoms with Gasteiger partial charge in [-0.15, -0.1) is 0 Å². The molecule has 0 atom stereocenters. The van der Waals surface area contributed by atoms with Gasteiger partial charge in [-0.25, -0.2) is 18.7 Å². The molecule has 140 valence electrons. The highest BCUT2D eigenvalue weighted by Crippen LogP contribution is 2.21. The van der Waals surface area contributed by atoms with Crippen LogP contribution in [0.15, 0.2) is 40.1 Å². The van der Waals surface area contributed by atoms with Crippen molar-refractivity contribution in [3.8, 4) is 5.69 Å². The lowest BCUT2D eigenvalue weighted by Crippen LogP contribution is -2.34. The topological polar surface area (TPSA) is 113 Å². The quantitative estimate of drug-likeness (QED) is 0.640. The van der Waals surface area contributed by atoms with Gasteiger partial charge in [0.15, 0.2) is 5.65 Å². The predicted molar refractivity (Wildman–Crippen MR) is 97.6 cm³/mol. The number of aliphatic hydroxyl groups excluding tert-OH is 1. The van der Waals surface area contributed by atoms with Gasteiger partial charge in [0.1, 0.15) is 11.2 Å². The molecule has 2 aromatic heterocycles. The molecule has 9 heteroatoms. The molecule has 0 amide bonds. The van der Waals surface area contributed by atoms with Crippen LogP contribution in [0.5, 0.6) is 0 Å². The Balaban J connectivity index is 1.71. The van der Waals surface area contributed by atoms with Gasteiger partial charge >= 0.3 is 5.69 Å². The Kier molecular flexibility index (Phi) is 4.44. The lowest BCUT2D eigenvalue weighted by Gasteiger charge is -2.26. The SMILES string of the molecule is O=c1[nH]c2nc(NC3CCC(O)CC3)ncc2c(=O)n1-c1cccc(F)c1. The zero-order valence-electron chi connectivity index (χ0n) is 14.4. The molecule has 4 rings (SSSR count). The van der Waals surface area contributed by atoms with Crippen LogP contribution < -0.4 is 16.6 Å². The van der Waals surface area contributed by atoms with Crippen LogP contribution >= 0.6 is 0 Å². The van der Waals surface area contributed by atoms with Crippen LogP contribution in [-0.2, 0) is 0 Å². The molecule has 1 fully saturated rings. The summed E-state index contributed by atoms with van der Waals surface area (Å²) < 4.78 is 14.3. The van der Waals surface area contributed by atoms with E-state index in [9.17, 15) is 19.1 Å². The number of nitrogens with one attached hydrogen (secondary N) is 2. The Bertz CT molecular complexity index is 1100. The standard InChI is InChI=1S/C18H18FN5O3/c19-10-2-1-3-12(8-10)24-16(26)14-9-20-17(22-15(14)23-18(24)27)21-11-4-6-13(25)7-5-11/h1-3,8-9,11,13,25H,4-7H2,(H2,20,21,22,23,27). The number of nitrogens with zero attached hydrogens (tertiary/aromatic N) is 3. The number of hydrogen-bond donors (Lipinski definition) is 3. The van der Waals surface area contributed by atoms with Gasteiger partial charge in [-0.05, 0) is 43.9 Å². The van der Waals surface area contributed by atoms with E-state index in [0.717, 1.165) is 23.5 Å². The molecule has 8 nitrogen and oxygen atoms in total. The minimum absolute atomic E-state index is 0.117. The highest BCUT2D eigenvalue weighted by atomic mass is 19.1. The van der Waals surface area contributed by atoms with Crippen molar-refractivity contribution in [3.63, 3.8) is 0 Å². The fourth-order valence-electron chi connectivity index (χ4n) is 3.33. The molecule has 1 aromatic carbocycles. The van der Waals surface area contributed by atoms with E-state index < -0.39 is 17.1 Å². The fourth-order valence-corrected chi connectivity index (χ4v) is 3.33. The van der Waals surface area contributed by atoms with Crippen molar-refractivity contribution in [2.45, 2.75) is 37.8 Å². The van der Waals surface area contributed by atoms with E-state index >= 15 is 0 Å². The summed E-state index contributed by atoms with van der Waals surface area (Å²) in [6.45, 7) is 0. The minimum Gasteiger partial charge on any atom is -0.393 e. The second-order valence-electron chi connectivity index (χ2n) is 6.66. The Labute approximate surface area is 152 Å². The highest BCUT2D eigenvalue weighted by Gasteiger charge is 2.20. The molecule has 27 heavy (non-hydrogen) atoms. The average molecular weight is 371 g/mol. The number of aromatic nitrogens is 4. The first-order valence-corrected chi connectivity index (χ1v) is 8.74. The number of H-pyrrole nitrogens is 1. The number of anilines is 1. The van der Waals surface area contributed by atoms with Gasteiger partial charge in [-0.2, -0.15) is 4.98 Å². The van der Waals surface area contributed by atoms with Gasteiger partial charge in [0.25, 0.3) is 5.56 Å². The smallest absolute Gasteiger partial charge is 0.334 e. The Hall–Kier alpha value is -3.07. The number of hydrogen-bond acceptors (Lipinski definition) is 6. The fraction of sp³-hybridized carbons (Fsp3) is 0.333. The zero-order chi connectivity index (χ0) is 19.0. The first-order chi connectivity index (χ1) is 13.0. The summed E-state index contributed by atoms with van der Waals surface area (Å²) in [6.07, 6.45) is 4.08. The van der Waals surface area contributed by atoms with Crippen molar-refractivity contribution < 1.29 is 9.50 Å². The summed E-state index contributed by atoms with van der Waals surface area (Å²) in [7, 11) is 0. The van der Waals surface area contributed by atoms with E-state index in [1.54, 1.807) is 0 Å². The first kappa shape index (κ1) is 17.3. The van der Waals surface area contributed by atoms with Gasteiger partial charge in [0, 0.05) is 12.2 Å². The minimum atomic E-state index is -0.705. The maximum absolute atomic E-state index is 13.5. The number of aromatic amines is 1. The molecule has 1 aliphatic carbocycles. The first-order valence-electron chi connectivity index (χ1n) is 8.74. The van der Waals surface area contributed by atoms with E-state index in [-0.39, 0.29) is 28.9 Å². The number of halogens is 1. The third kappa shape index (κ3) is 3.45. The molecule has 3 N–H and O–H groups in total. The van der Waals surface area contributed by atoms with E-state index in [1.807, 2.05) is 0 Å². The largest absolute Gasteiger partial charge is 0.393 e. The maximum Gasteiger partial charge on any atom is 0.334 e. The van der Waals surface area contributed by atoms with Gasteiger partial charge in [-0.1, -0.05) is 6.07 Å². The number of fused-ring (bicyclic) bond motifs is 1. The second-order valence-corrected chi connectivity index (χ2v) is 6.66. The lowest BCUT2D eigenvalue weighted by molar-refractivity contribution is 0.126. The van der Waals surface area contributed by atoms with E-state index in [4.69, 9.17) is 0 Å². The summed E-state index contributed by atoms with van der Waals surface area (Å²) >= 11 is 0. The lowest BCUT2D eigenvalue weighted by atomic mass is 9.93. The van der Waals surface area contributed by atoms with Crippen LogP contribution in [0.1, 0.15) is 25.7 Å². The van der Waals surface area contributed by atoms with Crippen molar-refractivity contribution in [3.05, 3.63) is 57.1 Å². The van der Waals surface area contributed by atoms with Crippen molar-refractivity contribution >= 4 is 17.0 Å². The third-order valence-electron chi connectivity index (χ3n) is 4.75. The van der Waals surface area contributed by atoms with Crippen molar-refractivity contribution in [1.82, 2.24) is 19.5 Å². The predicted octanol–water partition coefficient (Wildman–Crippen LogP) is 1.32. The van der Waals surface area contributed by atoms with Crippen molar-refractivity contribution in [1.29, 1.82) is 0 Å². The van der Waals surface area contributed by atoms with Crippen LogP contribution in [0.2, 0.25) is 0 Å². The van der Waals surface area contributed by atoms with Gasteiger partial charge < -0.3 is 10.4 Å². The number of benzene rings is 1. The second kappa shape index (κ2) is 6.92. The third-order valence-corrected chi connectivity index (χ3v) is 4.75. The average Bonchev–Trinajstić information content (AvgIpc) is 2.63. The highest BCUT2D eigenvalue weighted by molar-refractivity contribution is 5.73. The van der Waals surface area contributed by atoms with Crippen LogP contribution in [0, 0.1) is 5.82 Å². The summed E-state index contributed by atoms with van der Waals surface area (Å²) in [6, 6.07) is 5.36. The zero-order valence-corrected chi connectivity index (χ0v) is 14.4. The molecule has 2 heterocycles. The Morgan fingerprint density at radius 2 is 2.00 bits per heavy atom. The molecule has 1 aliphatic rings. The van der Waals surface area contributed by atoms with Gasteiger partial charge in [0.2, 0.25) is 5.95 Å². The molecule has 3 aromatic rings. The van der Waals surface area contributed by atoms with Crippen molar-refractivity contribution in [2.24, 2.45) is 0 Å². The van der Waals surface area contributed by atoms with Crippen LogP contribution in [0.3, 0.4) is 0 Å². The Morgan fingerprint density at radius 3 is 2.74 bits per heavy atom. The van der Waals surface area contributed by atoms with E-state index in [1.165, 1.54) is 24.4 Å². The molecule has 0 spiro atoms. The summed E-state index contributed by atoms with van der Waals surface area (Å²) in [5, 5.41) is 12.9. The molecule has 0 unspecified atom stereocenters. The number of rotatable bonds is 3. The normalized spacial score (nSPS) is 19.9. The van der Waals surface area contributed by atoms with E-state index in [0.29, 0.717) is 18.8 Å².